The Morgan fingerprint density at radius 2 is 2.38 bits per heavy atom. The van der Waals surface area contributed by atoms with Crippen LogP contribution < -0.4 is 10.4 Å². The van der Waals surface area contributed by atoms with Crippen molar-refractivity contribution in [2.45, 2.75) is 6.61 Å². The monoisotopic (exact) mass is 294 g/mol. The van der Waals surface area contributed by atoms with E-state index < -0.39 is 11.5 Å². The van der Waals surface area contributed by atoms with Crippen molar-refractivity contribution in [3.63, 3.8) is 0 Å². The van der Waals surface area contributed by atoms with Gasteiger partial charge in [-0.05, 0) is 10.4 Å². The lowest BCUT2D eigenvalue weighted by atomic mass is 10.3. The Balaban J connectivity index is 1.96. The van der Waals surface area contributed by atoms with E-state index in [2.05, 4.69) is 25.7 Å². The second-order valence-corrected chi connectivity index (χ2v) is 3.95. The molecule has 10 nitrogen and oxygen atoms in total. The third kappa shape index (κ3) is 2.35. The maximum Gasteiger partial charge on any atom is 0.369 e. The van der Waals surface area contributed by atoms with E-state index in [4.69, 9.17) is 6.15 Å². The quantitative estimate of drug-likeness (QED) is 0.669. The molecule has 11 heteroatoms. The molecule has 0 fully saturated rings. The highest BCUT2D eigenvalue weighted by molar-refractivity contribution is 5.31. The van der Waals surface area contributed by atoms with Crippen molar-refractivity contribution in [1.82, 2.24) is 40.2 Å². The van der Waals surface area contributed by atoms with Gasteiger partial charge in [0.2, 0.25) is 5.88 Å². The van der Waals surface area contributed by atoms with Gasteiger partial charge in [-0.1, -0.05) is 0 Å². The van der Waals surface area contributed by atoms with E-state index in [1.807, 2.05) is 0 Å². The largest absolute Gasteiger partial charge is 0.471 e. The first-order valence-electron chi connectivity index (χ1n) is 6.18. The van der Waals surface area contributed by atoms with E-state index in [1.54, 1.807) is 0 Å². The summed E-state index contributed by atoms with van der Waals surface area (Å²) in [6.45, 7) is -0.267. The minimum absolute atomic E-state index is 0.0304. The number of hydrogen-bond acceptors (Lipinski definition) is 7. The van der Waals surface area contributed by atoms with Crippen molar-refractivity contribution in [2.24, 2.45) is 7.05 Å². The van der Waals surface area contributed by atoms with E-state index >= 15 is 0 Å². The number of aromatic nitrogens is 8. The van der Waals surface area contributed by atoms with Crippen LogP contribution in [-0.4, -0.2) is 40.2 Å². The number of aryl methyl sites for hydroxylation is 1. The number of aromatic amines is 1. The van der Waals surface area contributed by atoms with Crippen LogP contribution in [0.25, 0.3) is 5.82 Å². The number of hydrogen-bond donors (Lipinski definition) is 1. The van der Waals surface area contributed by atoms with Gasteiger partial charge in [0, 0.05) is 19.3 Å². The van der Waals surface area contributed by atoms with Crippen LogP contribution >= 0.6 is 0 Å². The average molecular weight is 294 g/mol. The van der Waals surface area contributed by atoms with Gasteiger partial charge < -0.3 is 4.74 Å². The van der Waals surface area contributed by atoms with Crippen LogP contribution in [0.5, 0.6) is 5.88 Å². The van der Waals surface area contributed by atoms with E-state index in [9.17, 15) is 9.18 Å². The molecule has 3 aromatic rings. The Bertz CT molecular complexity index is 872. The SMILES string of the molecule is [3H]n1ccc(OCc2c(F)cnnc2-n2nnn(C)c2=O)n1. The molecule has 0 aromatic carbocycles. The summed E-state index contributed by atoms with van der Waals surface area (Å²) >= 11 is 0. The molecule has 0 aliphatic rings. The zero-order chi connectivity index (χ0) is 15.7. The van der Waals surface area contributed by atoms with E-state index in [1.165, 1.54) is 19.3 Å². The van der Waals surface area contributed by atoms with Crippen LogP contribution in [0.4, 0.5) is 4.39 Å². The molecule has 3 aromatic heterocycles. The highest BCUT2D eigenvalue weighted by atomic mass is 19.1. The number of nitrogens with zero attached hydrogens (tertiary/aromatic N) is 7. The van der Waals surface area contributed by atoms with Crippen LogP contribution in [0.15, 0.2) is 23.3 Å². The molecule has 3 rings (SSSR count). The van der Waals surface area contributed by atoms with Gasteiger partial charge in [0.25, 0.3) is 0 Å². The van der Waals surface area contributed by atoms with Gasteiger partial charge >= 0.3 is 5.69 Å². The topological polar surface area (TPSA) is 116 Å². The Morgan fingerprint density at radius 3 is 3.05 bits per heavy atom. The van der Waals surface area contributed by atoms with Crippen molar-refractivity contribution < 1.29 is 10.5 Å². The predicted molar refractivity (Wildman–Crippen MR) is 65.1 cm³/mol. The van der Waals surface area contributed by atoms with Crippen LogP contribution in [-0.2, 0) is 13.7 Å². The molecule has 0 unspecified atom stereocenters. The van der Waals surface area contributed by atoms with Crippen LogP contribution in [0.1, 0.15) is 5.56 Å². The molecular weight excluding hydrogens is 283 g/mol. The number of ether oxygens (including phenoxy) is 1. The summed E-state index contributed by atoms with van der Waals surface area (Å²) in [7, 11) is 1.40. The van der Waals surface area contributed by atoms with Gasteiger partial charge in [-0.2, -0.15) is 9.78 Å². The molecule has 108 valence electrons. The number of nitrogens with one attached hydrogen (secondary N) is 1. The summed E-state index contributed by atoms with van der Waals surface area (Å²) < 4.78 is 28.2. The molecule has 21 heavy (non-hydrogen) atoms. The smallest absolute Gasteiger partial charge is 0.369 e. The molecule has 0 aliphatic carbocycles. The zero-order valence-electron chi connectivity index (χ0n) is 11.7. The minimum atomic E-state index is -0.715. The molecule has 0 aliphatic heterocycles. The van der Waals surface area contributed by atoms with Gasteiger partial charge in [-0.25, -0.2) is 9.18 Å². The Morgan fingerprint density at radius 1 is 1.52 bits per heavy atom. The number of halogens is 1. The Labute approximate surface area is 117 Å². The molecule has 0 amide bonds. The standard InChI is InChI=1S/C10H9FN8O2/c1-18-10(20)19(17-16-18)9-6(7(11)4-13-15-9)5-21-8-2-3-12-14-8/h2-4H,5H2,1H3,(H,12,14)/i/hT. The molecule has 0 spiro atoms. The maximum absolute atomic E-state index is 14.0. The molecule has 3 heterocycles. The van der Waals surface area contributed by atoms with Gasteiger partial charge in [0.1, 0.15) is 6.61 Å². The molecule has 1 N–H and O–H groups in total. The fourth-order valence-corrected chi connectivity index (χ4v) is 1.57. The fourth-order valence-electron chi connectivity index (χ4n) is 1.57. The molecule has 0 radical (unpaired) electrons. The Kier molecular flexibility index (Phi) is 2.85. The minimum Gasteiger partial charge on any atom is -0.471 e. The van der Waals surface area contributed by atoms with Gasteiger partial charge in [0.15, 0.2) is 13.0 Å². The molecule has 0 saturated carbocycles. The molecule has 0 saturated heterocycles. The van der Waals surface area contributed by atoms with Crippen molar-refractivity contribution in [1.29, 1.82) is 0 Å². The average Bonchev–Trinajstić information content (AvgIpc) is 3.05. The van der Waals surface area contributed by atoms with E-state index in [-0.39, 0.29) is 23.9 Å². The second kappa shape index (κ2) is 5.11. The van der Waals surface area contributed by atoms with Gasteiger partial charge in [-0.3, -0.25) is 5.09 Å². The number of rotatable bonds is 4. The summed E-state index contributed by atoms with van der Waals surface area (Å²) in [6, 6.07) is 1.44. The Hall–Kier alpha value is -3.11. The molecule has 0 atom stereocenters. The highest BCUT2D eigenvalue weighted by Gasteiger charge is 2.18. The molecule has 0 bridgehead atoms. The summed E-state index contributed by atoms with van der Waals surface area (Å²) in [4.78, 5) is 11.8. The van der Waals surface area contributed by atoms with Crippen molar-refractivity contribution in [3.05, 3.63) is 40.3 Å². The maximum atomic E-state index is 14.0. The lowest BCUT2D eigenvalue weighted by Gasteiger charge is -2.07. The van der Waals surface area contributed by atoms with Gasteiger partial charge in [-0.15, -0.1) is 14.9 Å². The summed E-state index contributed by atoms with van der Waals surface area (Å²) in [5, 5.41) is 18.8. The summed E-state index contributed by atoms with van der Waals surface area (Å²) in [5.74, 6) is -0.708. The normalized spacial score (nSPS) is 11.4. The van der Waals surface area contributed by atoms with E-state index in [0.717, 1.165) is 20.7 Å². The van der Waals surface area contributed by atoms with Gasteiger partial charge in [0.05, 0.1) is 11.8 Å². The van der Waals surface area contributed by atoms with Crippen LogP contribution in [0.3, 0.4) is 0 Å². The predicted octanol–water partition coefficient (Wildman–Crippen LogP) is -0.803. The first kappa shape index (κ1) is 11.7. The first-order chi connectivity index (χ1) is 10.6. The fraction of sp³-hybridized carbons (Fsp3) is 0.200. The number of tetrazole rings is 1. The van der Waals surface area contributed by atoms with Crippen molar-refractivity contribution in [2.75, 3.05) is 0 Å². The van der Waals surface area contributed by atoms with Crippen molar-refractivity contribution >= 4 is 0 Å². The third-order valence-electron chi connectivity index (χ3n) is 2.61. The lowest BCUT2D eigenvalue weighted by molar-refractivity contribution is 0.285. The first-order valence-corrected chi connectivity index (χ1v) is 5.73. The second-order valence-electron chi connectivity index (χ2n) is 3.95. The van der Waals surface area contributed by atoms with Crippen LogP contribution in [0.2, 0.25) is 1.41 Å². The zero-order valence-corrected chi connectivity index (χ0v) is 10.7. The highest BCUT2D eigenvalue weighted by Crippen LogP contribution is 2.15. The summed E-state index contributed by atoms with van der Waals surface area (Å²) in [6.07, 6.45) is 2.25. The lowest BCUT2D eigenvalue weighted by Crippen LogP contribution is -2.24. The van der Waals surface area contributed by atoms with Crippen molar-refractivity contribution in [3.8, 4) is 11.7 Å². The van der Waals surface area contributed by atoms with E-state index in [0.29, 0.717) is 0 Å². The number of H-pyrrole nitrogens is 1. The van der Waals surface area contributed by atoms with Crippen LogP contribution in [0, 0.1) is 5.82 Å². The molecular formula is C10H9FN8O2. The summed E-state index contributed by atoms with van der Waals surface area (Å²) in [5.41, 5.74) is -0.631. The third-order valence-corrected chi connectivity index (χ3v) is 2.61.